The summed E-state index contributed by atoms with van der Waals surface area (Å²) < 4.78 is 5.88. The van der Waals surface area contributed by atoms with Crippen LogP contribution in [0.1, 0.15) is 51.0 Å². The van der Waals surface area contributed by atoms with Gasteiger partial charge < -0.3 is 9.64 Å². The largest absolute Gasteiger partial charge is 0.491 e. The first-order valence-electron chi connectivity index (χ1n) is 8.27. The van der Waals surface area contributed by atoms with Gasteiger partial charge in [0.1, 0.15) is 5.75 Å². The average molecular weight is 305 g/mol. The van der Waals surface area contributed by atoms with Gasteiger partial charge in [0.2, 0.25) is 0 Å². The van der Waals surface area contributed by atoms with Crippen LogP contribution in [0.3, 0.4) is 0 Å². The van der Waals surface area contributed by atoms with Crippen molar-refractivity contribution < 1.29 is 4.74 Å². The minimum Gasteiger partial charge on any atom is -0.491 e. The fourth-order valence-corrected chi connectivity index (χ4v) is 4.82. The third kappa shape index (κ3) is 3.57. The second-order valence-electron chi connectivity index (χ2n) is 6.74. The quantitative estimate of drug-likeness (QED) is 0.810. The number of likely N-dealkylation sites (tertiary alicyclic amines) is 1. The molecule has 2 nitrogen and oxygen atoms in total. The lowest BCUT2D eigenvalue weighted by Gasteiger charge is -2.34. The van der Waals surface area contributed by atoms with Gasteiger partial charge >= 0.3 is 0 Å². The minimum absolute atomic E-state index is 0.250. The summed E-state index contributed by atoms with van der Waals surface area (Å²) in [7, 11) is 2.30. The van der Waals surface area contributed by atoms with Crippen LogP contribution in [-0.4, -0.2) is 36.4 Å². The first-order chi connectivity index (χ1) is 10.1. The molecule has 1 saturated heterocycles. The number of piperidine rings is 1. The van der Waals surface area contributed by atoms with E-state index in [9.17, 15) is 0 Å². The molecule has 116 valence electrons. The molecular formula is C18H27NOS. The number of benzene rings is 1. The summed E-state index contributed by atoms with van der Waals surface area (Å²) in [4.78, 5) is 4.04. The van der Waals surface area contributed by atoms with Crippen molar-refractivity contribution in [3.63, 3.8) is 0 Å². The smallest absolute Gasteiger partial charge is 0.120 e. The lowest BCUT2D eigenvalue weighted by molar-refractivity contribution is 0.170. The topological polar surface area (TPSA) is 12.5 Å². The molecule has 1 aromatic rings. The molecule has 21 heavy (non-hydrogen) atoms. The third-order valence-electron chi connectivity index (χ3n) is 4.71. The lowest BCUT2D eigenvalue weighted by atomic mass is 9.89. The molecule has 0 aromatic heterocycles. The van der Waals surface area contributed by atoms with Crippen LogP contribution < -0.4 is 4.74 Å². The molecule has 2 heterocycles. The second kappa shape index (κ2) is 6.62. The van der Waals surface area contributed by atoms with Crippen LogP contribution in [0.4, 0.5) is 0 Å². The Bertz CT molecular complexity index is 488. The van der Waals surface area contributed by atoms with Gasteiger partial charge in [0.25, 0.3) is 0 Å². The summed E-state index contributed by atoms with van der Waals surface area (Å²) in [6, 6.07) is 7.44. The van der Waals surface area contributed by atoms with Crippen LogP contribution in [0, 0.1) is 0 Å². The molecule has 0 aliphatic carbocycles. The van der Waals surface area contributed by atoms with Gasteiger partial charge in [-0.15, -0.1) is 11.8 Å². The Morgan fingerprint density at radius 1 is 1.33 bits per heavy atom. The molecule has 0 saturated carbocycles. The Kier molecular flexibility index (Phi) is 4.80. The Hall–Kier alpha value is -0.670. The van der Waals surface area contributed by atoms with Gasteiger partial charge in [-0.3, -0.25) is 0 Å². The van der Waals surface area contributed by atoms with E-state index in [2.05, 4.69) is 44.0 Å². The van der Waals surface area contributed by atoms with E-state index in [0.717, 1.165) is 11.8 Å². The lowest BCUT2D eigenvalue weighted by Crippen LogP contribution is -2.37. The molecule has 1 fully saturated rings. The van der Waals surface area contributed by atoms with E-state index in [1.165, 1.54) is 48.4 Å². The highest BCUT2D eigenvalue weighted by Gasteiger charge is 2.29. The summed E-state index contributed by atoms with van der Waals surface area (Å²) in [5.41, 5.74) is 1.53. The van der Waals surface area contributed by atoms with Gasteiger partial charge in [-0.25, -0.2) is 0 Å². The SMILES string of the molecule is CC(C)Oc1ccc2c(c1)C(CC1CCCCN1C)CS2. The van der Waals surface area contributed by atoms with Crippen molar-refractivity contribution in [1.82, 2.24) is 4.90 Å². The van der Waals surface area contributed by atoms with Gasteiger partial charge in [-0.2, -0.15) is 0 Å². The number of hydrogen-bond acceptors (Lipinski definition) is 3. The first kappa shape index (κ1) is 15.2. The third-order valence-corrected chi connectivity index (χ3v) is 5.96. The number of hydrogen-bond donors (Lipinski definition) is 0. The van der Waals surface area contributed by atoms with Crippen molar-refractivity contribution in [3.05, 3.63) is 23.8 Å². The van der Waals surface area contributed by atoms with Crippen LogP contribution in [0.15, 0.2) is 23.1 Å². The molecule has 3 rings (SSSR count). The summed E-state index contributed by atoms with van der Waals surface area (Å²) in [5, 5.41) is 0. The molecule has 0 spiro atoms. The first-order valence-corrected chi connectivity index (χ1v) is 9.25. The zero-order valence-electron chi connectivity index (χ0n) is 13.5. The van der Waals surface area contributed by atoms with Crippen LogP contribution in [0.5, 0.6) is 5.75 Å². The maximum absolute atomic E-state index is 5.88. The molecule has 3 heteroatoms. The second-order valence-corrected chi connectivity index (χ2v) is 7.80. The average Bonchev–Trinajstić information content (AvgIpc) is 2.83. The van der Waals surface area contributed by atoms with Crippen molar-refractivity contribution in [2.45, 2.75) is 62.5 Å². The van der Waals surface area contributed by atoms with Crippen LogP contribution >= 0.6 is 11.8 Å². The van der Waals surface area contributed by atoms with E-state index in [1.54, 1.807) is 0 Å². The Labute approximate surface area is 133 Å². The number of ether oxygens (including phenoxy) is 1. The monoisotopic (exact) mass is 305 g/mol. The summed E-state index contributed by atoms with van der Waals surface area (Å²) in [5.74, 6) is 2.98. The van der Waals surface area contributed by atoms with Crippen molar-refractivity contribution in [2.75, 3.05) is 19.3 Å². The van der Waals surface area contributed by atoms with Crippen LogP contribution in [0.2, 0.25) is 0 Å². The Morgan fingerprint density at radius 3 is 2.95 bits per heavy atom. The van der Waals surface area contributed by atoms with E-state index in [0.29, 0.717) is 5.92 Å². The molecule has 0 bridgehead atoms. The maximum Gasteiger partial charge on any atom is 0.120 e. The maximum atomic E-state index is 5.88. The normalized spacial score (nSPS) is 26.1. The van der Waals surface area contributed by atoms with E-state index < -0.39 is 0 Å². The fraction of sp³-hybridized carbons (Fsp3) is 0.667. The molecule has 2 aliphatic rings. The van der Waals surface area contributed by atoms with Crippen molar-refractivity contribution in [3.8, 4) is 5.75 Å². The van der Waals surface area contributed by atoms with Crippen LogP contribution in [0.25, 0.3) is 0 Å². The van der Waals surface area contributed by atoms with Crippen molar-refractivity contribution in [2.24, 2.45) is 0 Å². The highest BCUT2D eigenvalue weighted by Crippen LogP contribution is 2.44. The van der Waals surface area contributed by atoms with Gasteiger partial charge in [0.05, 0.1) is 6.10 Å². The molecule has 2 atom stereocenters. The molecule has 2 unspecified atom stereocenters. The standard InChI is InChI=1S/C18H27NOS/c1-13(2)20-16-7-8-18-17(11-16)14(12-21-18)10-15-6-4-5-9-19(15)3/h7-8,11,13-15H,4-6,9-10,12H2,1-3H3. The molecule has 1 aromatic carbocycles. The summed E-state index contributed by atoms with van der Waals surface area (Å²) in [6.45, 7) is 5.46. The number of thioether (sulfide) groups is 1. The number of fused-ring (bicyclic) bond motifs is 1. The summed E-state index contributed by atoms with van der Waals surface area (Å²) in [6.07, 6.45) is 5.70. The fourth-order valence-electron chi connectivity index (χ4n) is 3.57. The predicted molar refractivity (Wildman–Crippen MR) is 90.6 cm³/mol. The van der Waals surface area contributed by atoms with Gasteiger partial charge in [0, 0.05) is 16.7 Å². The number of nitrogens with zero attached hydrogens (tertiary/aromatic N) is 1. The van der Waals surface area contributed by atoms with E-state index in [1.807, 2.05) is 11.8 Å². The Balaban J connectivity index is 1.72. The molecule has 0 radical (unpaired) electrons. The zero-order valence-corrected chi connectivity index (χ0v) is 14.3. The van der Waals surface area contributed by atoms with Crippen molar-refractivity contribution in [1.29, 1.82) is 0 Å². The molecule has 2 aliphatic heterocycles. The van der Waals surface area contributed by atoms with Gasteiger partial charge in [-0.05, 0) is 76.4 Å². The molecule has 0 N–H and O–H groups in total. The van der Waals surface area contributed by atoms with E-state index in [-0.39, 0.29) is 6.10 Å². The zero-order chi connectivity index (χ0) is 14.8. The van der Waals surface area contributed by atoms with Crippen LogP contribution in [-0.2, 0) is 0 Å². The molecule has 0 amide bonds. The number of rotatable bonds is 4. The van der Waals surface area contributed by atoms with E-state index >= 15 is 0 Å². The highest BCUT2D eigenvalue weighted by molar-refractivity contribution is 7.99. The Morgan fingerprint density at radius 2 is 2.19 bits per heavy atom. The van der Waals surface area contributed by atoms with Gasteiger partial charge in [0.15, 0.2) is 0 Å². The van der Waals surface area contributed by atoms with Gasteiger partial charge in [-0.1, -0.05) is 6.42 Å². The summed E-state index contributed by atoms with van der Waals surface area (Å²) >= 11 is 2.02. The predicted octanol–water partition coefficient (Wildman–Crippen LogP) is 4.54. The minimum atomic E-state index is 0.250. The van der Waals surface area contributed by atoms with E-state index in [4.69, 9.17) is 4.74 Å². The molecular weight excluding hydrogens is 278 g/mol. The van der Waals surface area contributed by atoms with Crippen molar-refractivity contribution >= 4 is 11.8 Å². The highest BCUT2D eigenvalue weighted by atomic mass is 32.2.